The second kappa shape index (κ2) is 10.8. The summed E-state index contributed by atoms with van der Waals surface area (Å²) in [6.45, 7) is 3.71. The number of pyridine rings is 2. The van der Waals surface area contributed by atoms with Gasteiger partial charge in [0.15, 0.2) is 0 Å². The van der Waals surface area contributed by atoms with Crippen molar-refractivity contribution >= 4 is 17.5 Å². The molecule has 3 aromatic rings. The van der Waals surface area contributed by atoms with Gasteiger partial charge in [0.05, 0.1) is 12.1 Å². The van der Waals surface area contributed by atoms with Gasteiger partial charge in [0, 0.05) is 56.2 Å². The van der Waals surface area contributed by atoms with Crippen LogP contribution < -0.4 is 16.8 Å². The van der Waals surface area contributed by atoms with Crippen molar-refractivity contribution < 1.29 is 9.59 Å². The lowest BCUT2D eigenvalue weighted by Crippen LogP contribution is -2.46. The number of hydrogen-bond donors (Lipinski definition) is 3. The Labute approximate surface area is 199 Å². The van der Waals surface area contributed by atoms with E-state index in [1.807, 2.05) is 36.2 Å². The van der Waals surface area contributed by atoms with Gasteiger partial charge in [-0.25, -0.2) is 4.98 Å². The smallest absolute Gasteiger partial charge is 0.268 e. The van der Waals surface area contributed by atoms with Gasteiger partial charge in [-0.3, -0.25) is 19.0 Å². The molecule has 0 radical (unpaired) electrons. The van der Waals surface area contributed by atoms with Crippen molar-refractivity contribution in [2.45, 2.75) is 50.6 Å². The average molecular weight is 464 g/mol. The highest BCUT2D eigenvalue weighted by atomic mass is 16.2. The first kappa shape index (κ1) is 23.8. The Hall–Kier alpha value is -3.30. The third-order valence-corrected chi connectivity index (χ3v) is 6.24. The van der Waals surface area contributed by atoms with E-state index in [-0.39, 0.29) is 36.2 Å². The Morgan fingerprint density at radius 2 is 2.12 bits per heavy atom. The molecule has 3 aromatic heterocycles. The lowest BCUT2D eigenvalue weighted by Gasteiger charge is -2.30. The molecule has 3 unspecified atom stereocenters. The zero-order valence-electron chi connectivity index (χ0n) is 19.6. The van der Waals surface area contributed by atoms with E-state index in [0.717, 1.165) is 31.4 Å². The van der Waals surface area contributed by atoms with Crippen LogP contribution in [0.15, 0.2) is 48.9 Å². The van der Waals surface area contributed by atoms with Crippen LogP contribution in [0.4, 0.5) is 0 Å². The normalized spacial score (nSPS) is 18.0. The Morgan fingerprint density at radius 1 is 1.26 bits per heavy atom. The maximum Gasteiger partial charge on any atom is 0.268 e. The molecule has 9 heteroatoms. The summed E-state index contributed by atoms with van der Waals surface area (Å²) in [5.41, 5.74) is 14.8. The SMILES string of the molecule is CC(N)CC(CNC(=O)c1cccc2nc(CC(=O)N3CCCC(N)C3)cn12)c1cccnc1. The highest BCUT2D eigenvalue weighted by Gasteiger charge is 2.23. The van der Waals surface area contributed by atoms with Gasteiger partial charge in [0.25, 0.3) is 5.91 Å². The number of amides is 2. The maximum atomic E-state index is 13.1. The van der Waals surface area contributed by atoms with Crippen molar-refractivity contribution in [1.82, 2.24) is 24.6 Å². The van der Waals surface area contributed by atoms with Gasteiger partial charge in [-0.2, -0.15) is 0 Å². The van der Waals surface area contributed by atoms with Gasteiger partial charge < -0.3 is 21.7 Å². The predicted molar refractivity (Wildman–Crippen MR) is 130 cm³/mol. The molecule has 5 N–H and O–H groups in total. The largest absolute Gasteiger partial charge is 0.350 e. The van der Waals surface area contributed by atoms with Gasteiger partial charge in [0.2, 0.25) is 5.91 Å². The van der Waals surface area contributed by atoms with E-state index in [9.17, 15) is 9.59 Å². The number of carbonyl (C=O) groups excluding carboxylic acids is 2. The molecule has 0 bridgehead atoms. The molecule has 0 spiro atoms. The van der Waals surface area contributed by atoms with Crippen molar-refractivity contribution in [2.24, 2.45) is 11.5 Å². The third-order valence-electron chi connectivity index (χ3n) is 6.24. The minimum Gasteiger partial charge on any atom is -0.350 e. The van der Waals surface area contributed by atoms with Crippen molar-refractivity contribution in [3.05, 3.63) is 65.9 Å². The van der Waals surface area contributed by atoms with E-state index in [1.54, 1.807) is 28.9 Å². The first-order valence-corrected chi connectivity index (χ1v) is 11.8. The predicted octanol–water partition coefficient (Wildman–Crippen LogP) is 1.47. The number of nitrogens with two attached hydrogens (primary N) is 2. The minimum absolute atomic E-state index is 0.00580. The Kier molecular flexibility index (Phi) is 7.54. The van der Waals surface area contributed by atoms with Crippen molar-refractivity contribution in [3.63, 3.8) is 0 Å². The highest BCUT2D eigenvalue weighted by Crippen LogP contribution is 2.20. The fourth-order valence-electron chi connectivity index (χ4n) is 4.54. The molecule has 180 valence electrons. The molecule has 1 saturated heterocycles. The molecule has 34 heavy (non-hydrogen) atoms. The van der Waals surface area contributed by atoms with Crippen LogP contribution in [0.2, 0.25) is 0 Å². The maximum absolute atomic E-state index is 13.1. The molecule has 1 aliphatic heterocycles. The second-order valence-electron chi connectivity index (χ2n) is 9.20. The van der Waals surface area contributed by atoms with Crippen LogP contribution in [0, 0.1) is 0 Å². The van der Waals surface area contributed by atoms with Gasteiger partial charge in [-0.15, -0.1) is 0 Å². The number of likely N-dealkylation sites (tertiary alicyclic amines) is 1. The minimum atomic E-state index is -0.207. The zero-order valence-corrected chi connectivity index (χ0v) is 19.6. The summed E-state index contributed by atoms with van der Waals surface area (Å²) in [4.78, 5) is 36.4. The molecule has 0 aliphatic carbocycles. The summed E-state index contributed by atoms with van der Waals surface area (Å²) >= 11 is 0. The summed E-state index contributed by atoms with van der Waals surface area (Å²) in [6, 6.07) is 9.30. The quantitative estimate of drug-likeness (QED) is 0.464. The van der Waals surface area contributed by atoms with E-state index in [4.69, 9.17) is 11.5 Å². The Balaban J connectivity index is 1.46. The van der Waals surface area contributed by atoms with Crippen LogP contribution >= 0.6 is 0 Å². The first-order valence-electron chi connectivity index (χ1n) is 11.8. The fraction of sp³-hybridized carbons (Fsp3) is 0.440. The Morgan fingerprint density at radius 3 is 2.85 bits per heavy atom. The summed E-state index contributed by atoms with van der Waals surface area (Å²) in [5, 5.41) is 3.04. The van der Waals surface area contributed by atoms with Crippen LogP contribution in [0.5, 0.6) is 0 Å². The zero-order chi connectivity index (χ0) is 24.1. The van der Waals surface area contributed by atoms with Gasteiger partial charge >= 0.3 is 0 Å². The molecule has 1 fully saturated rings. The molecule has 0 aromatic carbocycles. The third kappa shape index (κ3) is 5.78. The molecular weight excluding hydrogens is 430 g/mol. The van der Waals surface area contributed by atoms with E-state index in [2.05, 4.69) is 15.3 Å². The molecule has 4 rings (SSSR count). The Bertz CT molecular complexity index is 1130. The number of nitrogens with one attached hydrogen (secondary N) is 1. The fourth-order valence-corrected chi connectivity index (χ4v) is 4.54. The topological polar surface area (TPSA) is 132 Å². The molecular formula is C25H33N7O2. The summed E-state index contributed by atoms with van der Waals surface area (Å²) in [7, 11) is 0. The summed E-state index contributed by atoms with van der Waals surface area (Å²) in [5.74, 6) is -0.134. The van der Waals surface area contributed by atoms with Gasteiger partial charge in [-0.1, -0.05) is 12.1 Å². The molecule has 4 heterocycles. The standard InChI is InChI=1S/C25H33N7O2/c1-17(26)11-19(18-5-3-9-28-13-18)14-29-25(34)22-7-2-8-23-30-21(16-32(22)23)12-24(33)31-10-4-6-20(27)15-31/h2-3,5,7-9,13,16-17,19-20H,4,6,10-12,14-15,26-27H2,1H3,(H,29,34). The molecule has 9 nitrogen and oxygen atoms in total. The molecule has 1 aliphatic rings. The van der Waals surface area contributed by atoms with Gasteiger partial charge in [-0.05, 0) is 49.9 Å². The van der Waals surface area contributed by atoms with Crippen molar-refractivity contribution in [2.75, 3.05) is 19.6 Å². The number of fused-ring (bicyclic) bond motifs is 1. The van der Waals surface area contributed by atoms with Crippen LogP contribution in [0.25, 0.3) is 5.65 Å². The summed E-state index contributed by atoms with van der Waals surface area (Å²) in [6.07, 6.45) is 8.10. The van der Waals surface area contributed by atoms with E-state index >= 15 is 0 Å². The molecule has 3 atom stereocenters. The second-order valence-corrected chi connectivity index (χ2v) is 9.20. The number of imidazole rings is 1. The number of carbonyl (C=O) groups is 2. The molecule has 0 saturated carbocycles. The number of piperidine rings is 1. The average Bonchev–Trinajstić information content (AvgIpc) is 3.24. The van der Waals surface area contributed by atoms with Gasteiger partial charge in [0.1, 0.15) is 11.3 Å². The number of aromatic nitrogens is 3. The number of nitrogens with zero attached hydrogens (tertiary/aromatic N) is 4. The number of rotatable bonds is 8. The van der Waals surface area contributed by atoms with Crippen LogP contribution in [-0.2, 0) is 11.2 Å². The summed E-state index contributed by atoms with van der Waals surface area (Å²) < 4.78 is 1.74. The molecule has 2 amide bonds. The first-order chi connectivity index (χ1) is 16.4. The van der Waals surface area contributed by atoms with Crippen molar-refractivity contribution in [1.29, 1.82) is 0 Å². The van der Waals surface area contributed by atoms with Crippen LogP contribution in [0.1, 0.15) is 53.8 Å². The lowest BCUT2D eigenvalue weighted by atomic mass is 9.94. The highest BCUT2D eigenvalue weighted by molar-refractivity contribution is 5.93. The van der Waals surface area contributed by atoms with Crippen LogP contribution in [-0.4, -0.2) is 62.8 Å². The number of hydrogen-bond acceptors (Lipinski definition) is 6. The van der Waals surface area contributed by atoms with Crippen LogP contribution in [0.3, 0.4) is 0 Å². The monoisotopic (exact) mass is 463 g/mol. The van der Waals surface area contributed by atoms with E-state index < -0.39 is 0 Å². The van der Waals surface area contributed by atoms with Crippen molar-refractivity contribution in [3.8, 4) is 0 Å². The van der Waals surface area contributed by atoms with E-state index in [1.165, 1.54) is 0 Å². The lowest BCUT2D eigenvalue weighted by molar-refractivity contribution is -0.131. The van der Waals surface area contributed by atoms with E-state index in [0.29, 0.717) is 30.1 Å².